The van der Waals surface area contributed by atoms with Gasteiger partial charge in [0.05, 0.1) is 0 Å². The van der Waals surface area contributed by atoms with Crippen LogP contribution in [-0.2, 0) is 11.2 Å². The van der Waals surface area contributed by atoms with Gasteiger partial charge >= 0.3 is 0 Å². The number of fused-ring (bicyclic) bond motifs is 1. The summed E-state index contributed by atoms with van der Waals surface area (Å²) in [6.45, 7) is 2.12. The van der Waals surface area contributed by atoms with E-state index in [1.165, 1.54) is 5.56 Å². The van der Waals surface area contributed by atoms with Crippen LogP contribution in [-0.4, -0.2) is 11.9 Å². The maximum atomic E-state index is 12.6. The first-order valence-electron chi connectivity index (χ1n) is 7.40. The molecule has 106 valence electrons. The minimum atomic E-state index is 0.0542. The van der Waals surface area contributed by atoms with Crippen molar-refractivity contribution < 1.29 is 4.79 Å². The molecule has 2 nitrogen and oxygen atoms in total. The van der Waals surface area contributed by atoms with Crippen molar-refractivity contribution in [2.75, 3.05) is 4.90 Å². The largest absolute Gasteiger partial charge is 0.306 e. The van der Waals surface area contributed by atoms with Gasteiger partial charge in [0.25, 0.3) is 5.91 Å². The fourth-order valence-electron chi connectivity index (χ4n) is 2.84. The van der Waals surface area contributed by atoms with Gasteiger partial charge in [-0.05, 0) is 43.0 Å². The van der Waals surface area contributed by atoms with E-state index in [0.29, 0.717) is 0 Å². The second-order valence-corrected chi connectivity index (χ2v) is 5.47. The number of hydrogen-bond acceptors (Lipinski definition) is 1. The van der Waals surface area contributed by atoms with Crippen LogP contribution in [0.5, 0.6) is 0 Å². The van der Waals surface area contributed by atoms with Gasteiger partial charge in [-0.25, -0.2) is 0 Å². The first kappa shape index (κ1) is 13.6. The SMILES string of the molecule is CC1CCc2ccccc2N1C(=O)C=Cc1ccccc1. The highest BCUT2D eigenvalue weighted by molar-refractivity contribution is 6.05. The summed E-state index contributed by atoms with van der Waals surface area (Å²) < 4.78 is 0. The lowest BCUT2D eigenvalue weighted by molar-refractivity contribution is -0.114. The van der Waals surface area contributed by atoms with E-state index < -0.39 is 0 Å². The molecule has 0 saturated heterocycles. The Labute approximate surface area is 125 Å². The number of carbonyl (C=O) groups is 1. The lowest BCUT2D eigenvalue weighted by atomic mass is 9.96. The molecule has 1 heterocycles. The standard InChI is InChI=1S/C19H19NO/c1-15-11-13-17-9-5-6-10-18(17)20(15)19(21)14-12-16-7-3-2-4-8-16/h2-10,12,14-15H,11,13H2,1H3. The quantitative estimate of drug-likeness (QED) is 0.758. The third-order valence-electron chi connectivity index (χ3n) is 3.98. The molecule has 0 spiro atoms. The molecule has 0 fully saturated rings. The summed E-state index contributed by atoms with van der Waals surface area (Å²) >= 11 is 0. The fraction of sp³-hybridized carbons (Fsp3) is 0.211. The average Bonchev–Trinajstić information content (AvgIpc) is 2.53. The van der Waals surface area contributed by atoms with Crippen LogP contribution in [0.2, 0.25) is 0 Å². The number of hydrogen-bond donors (Lipinski definition) is 0. The van der Waals surface area contributed by atoms with Gasteiger partial charge in [-0.1, -0.05) is 48.5 Å². The van der Waals surface area contributed by atoms with Gasteiger partial charge in [0.1, 0.15) is 0 Å². The number of aryl methyl sites for hydroxylation is 1. The smallest absolute Gasteiger partial charge is 0.251 e. The molecule has 1 amide bonds. The number of carbonyl (C=O) groups excluding carboxylic acids is 1. The zero-order chi connectivity index (χ0) is 14.7. The molecule has 2 heteroatoms. The highest BCUT2D eigenvalue weighted by Crippen LogP contribution is 2.30. The van der Waals surface area contributed by atoms with Crippen LogP contribution in [0.4, 0.5) is 5.69 Å². The Morgan fingerprint density at radius 2 is 1.81 bits per heavy atom. The van der Waals surface area contributed by atoms with Crippen molar-refractivity contribution >= 4 is 17.7 Å². The monoisotopic (exact) mass is 277 g/mol. The van der Waals surface area contributed by atoms with Gasteiger partial charge in [-0.2, -0.15) is 0 Å². The van der Waals surface area contributed by atoms with Crippen LogP contribution >= 0.6 is 0 Å². The van der Waals surface area contributed by atoms with Crippen molar-refractivity contribution in [3.05, 3.63) is 71.8 Å². The predicted octanol–water partition coefficient (Wildman–Crippen LogP) is 4.07. The summed E-state index contributed by atoms with van der Waals surface area (Å²) in [6.07, 6.45) is 5.62. The lowest BCUT2D eigenvalue weighted by Crippen LogP contribution is -2.41. The molecule has 1 unspecified atom stereocenters. The molecule has 2 aromatic rings. The molecule has 1 atom stereocenters. The number of nitrogens with zero attached hydrogens (tertiary/aromatic N) is 1. The summed E-state index contributed by atoms with van der Waals surface area (Å²) in [4.78, 5) is 14.5. The maximum absolute atomic E-state index is 12.6. The van der Waals surface area contributed by atoms with E-state index >= 15 is 0 Å². The molecule has 0 N–H and O–H groups in total. The molecule has 0 aliphatic carbocycles. The minimum Gasteiger partial charge on any atom is -0.306 e. The molecule has 0 bridgehead atoms. The van der Waals surface area contributed by atoms with Gasteiger partial charge in [0.2, 0.25) is 0 Å². The van der Waals surface area contributed by atoms with E-state index in [9.17, 15) is 4.79 Å². The van der Waals surface area contributed by atoms with Crippen molar-refractivity contribution in [2.45, 2.75) is 25.8 Å². The van der Waals surface area contributed by atoms with Gasteiger partial charge in [-0.15, -0.1) is 0 Å². The predicted molar refractivity (Wildman–Crippen MR) is 87.2 cm³/mol. The summed E-state index contributed by atoms with van der Waals surface area (Å²) in [6, 6.07) is 18.4. The second kappa shape index (κ2) is 5.96. The first-order valence-corrected chi connectivity index (χ1v) is 7.40. The van der Waals surface area contributed by atoms with Crippen LogP contribution in [0.15, 0.2) is 60.7 Å². The molecule has 0 saturated carbocycles. The van der Waals surface area contributed by atoms with E-state index in [4.69, 9.17) is 0 Å². The highest BCUT2D eigenvalue weighted by Gasteiger charge is 2.26. The lowest BCUT2D eigenvalue weighted by Gasteiger charge is -2.34. The number of rotatable bonds is 2. The van der Waals surface area contributed by atoms with Gasteiger partial charge < -0.3 is 4.90 Å². The molecule has 0 radical (unpaired) electrons. The minimum absolute atomic E-state index is 0.0542. The van der Waals surface area contributed by atoms with Crippen molar-refractivity contribution in [1.82, 2.24) is 0 Å². The Balaban J connectivity index is 1.86. The van der Waals surface area contributed by atoms with Gasteiger partial charge in [0.15, 0.2) is 0 Å². The first-order chi connectivity index (χ1) is 10.3. The fourth-order valence-corrected chi connectivity index (χ4v) is 2.84. The maximum Gasteiger partial charge on any atom is 0.251 e. The van der Waals surface area contributed by atoms with Crippen LogP contribution in [0.3, 0.4) is 0 Å². The molecule has 21 heavy (non-hydrogen) atoms. The molecule has 0 aromatic heterocycles. The van der Waals surface area contributed by atoms with Crippen molar-refractivity contribution in [1.29, 1.82) is 0 Å². The zero-order valence-electron chi connectivity index (χ0n) is 12.2. The number of anilines is 1. The Hall–Kier alpha value is -2.35. The number of benzene rings is 2. The topological polar surface area (TPSA) is 20.3 Å². The zero-order valence-corrected chi connectivity index (χ0v) is 12.2. The Bertz CT molecular complexity index is 660. The molecular weight excluding hydrogens is 258 g/mol. The average molecular weight is 277 g/mol. The molecule has 2 aromatic carbocycles. The van der Waals surface area contributed by atoms with E-state index in [1.807, 2.05) is 59.5 Å². The van der Waals surface area contributed by atoms with Gasteiger partial charge in [0, 0.05) is 17.8 Å². The third-order valence-corrected chi connectivity index (χ3v) is 3.98. The van der Waals surface area contributed by atoms with Gasteiger partial charge in [-0.3, -0.25) is 4.79 Å². The van der Waals surface area contributed by atoms with E-state index in [0.717, 1.165) is 24.1 Å². The molecule has 3 rings (SSSR count). The molecule has 1 aliphatic rings. The normalized spacial score (nSPS) is 17.8. The van der Waals surface area contributed by atoms with E-state index in [-0.39, 0.29) is 11.9 Å². The number of para-hydroxylation sites is 1. The summed E-state index contributed by atoms with van der Waals surface area (Å²) in [5.41, 5.74) is 3.36. The van der Waals surface area contributed by atoms with Crippen LogP contribution in [0.25, 0.3) is 6.08 Å². The Morgan fingerprint density at radius 3 is 2.62 bits per heavy atom. The highest BCUT2D eigenvalue weighted by atomic mass is 16.2. The molecular formula is C19H19NO. The van der Waals surface area contributed by atoms with Crippen LogP contribution in [0, 0.1) is 0 Å². The summed E-state index contributed by atoms with van der Waals surface area (Å²) in [7, 11) is 0. The second-order valence-electron chi connectivity index (χ2n) is 5.47. The summed E-state index contributed by atoms with van der Waals surface area (Å²) in [5.74, 6) is 0.0542. The van der Waals surface area contributed by atoms with Crippen molar-refractivity contribution in [3.63, 3.8) is 0 Å². The van der Waals surface area contributed by atoms with Crippen molar-refractivity contribution in [2.24, 2.45) is 0 Å². The number of amides is 1. The van der Waals surface area contributed by atoms with Crippen LogP contribution < -0.4 is 4.90 Å². The van der Waals surface area contributed by atoms with Crippen LogP contribution in [0.1, 0.15) is 24.5 Å². The molecule has 1 aliphatic heterocycles. The Morgan fingerprint density at radius 1 is 1.10 bits per heavy atom. The third kappa shape index (κ3) is 2.89. The Kier molecular flexibility index (Phi) is 3.87. The van der Waals surface area contributed by atoms with E-state index in [1.54, 1.807) is 6.08 Å². The van der Waals surface area contributed by atoms with Crippen molar-refractivity contribution in [3.8, 4) is 0 Å². The summed E-state index contributed by atoms with van der Waals surface area (Å²) in [5, 5.41) is 0. The van der Waals surface area contributed by atoms with E-state index in [2.05, 4.69) is 13.0 Å².